The summed E-state index contributed by atoms with van der Waals surface area (Å²) in [5.74, 6) is 0.608. The molecule has 3 aromatic rings. The van der Waals surface area contributed by atoms with Crippen LogP contribution in [0.3, 0.4) is 0 Å². The fourth-order valence-corrected chi connectivity index (χ4v) is 2.57. The maximum Gasteiger partial charge on any atom is 0.344 e. The van der Waals surface area contributed by atoms with Gasteiger partial charge in [-0.1, -0.05) is 11.2 Å². The van der Waals surface area contributed by atoms with Crippen molar-refractivity contribution in [3.8, 4) is 16.4 Å². The highest BCUT2D eigenvalue weighted by atomic mass is 32.1. The molecule has 0 atom stereocenters. The van der Waals surface area contributed by atoms with E-state index in [0.29, 0.717) is 22.8 Å². The fourth-order valence-electron chi connectivity index (χ4n) is 1.90. The molecular weight excluding hydrogens is 330 g/mol. The van der Waals surface area contributed by atoms with Crippen LogP contribution in [0.5, 0.6) is 5.75 Å². The Balaban J connectivity index is 1.46. The van der Waals surface area contributed by atoms with E-state index in [9.17, 15) is 9.59 Å². The van der Waals surface area contributed by atoms with Gasteiger partial charge in [0.25, 0.3) is 0 Å². The number of aromatic nitrogens is 1. The van der Waals surface area contributed by atoms with Gasteiger partial charge >= 0.3 is 5.97 Å². The first-order valence-corrected chi connectivity index (χ1v) is 7.96. The minimum absolute atomic E-state index is 0.0150. The van der Waals surface area contributed by atoms with Crippen LogP contribution < -0.4 is 4.74 Å². The third-order valence-corrected chi connectivity index (χ3v) is 3.96. The van der Waals surface area contributed by atoms with Gasteiger partial charge in [-0.25, -0.2) is 4.79 Å². The third-order valence-electron chi connectivity index (χ3n) is 3.08. The summed E-state index contributed by atoms with van der Waals surface area (Å²) in [4.78, 5) is 23.2. The lowest BCUT2D eigenvalue weighted by molar-refractivity contribution is -0.147. The molecule has 0 fully saturated rings. The molecule has 0 aliphatic rings. The molecule has 0 saturated carbocycles. The van der Waals surface area contributed by atoms with Gasteiger partial charge in [-0.15, -0.1) is 11.3 Å². The highest BCUT2D eigenvalue weighted by molar-refractivity contribution is 7.13. The third kappa shape index (κ3) is 4.08. The first-order valence-electron chi connectivity index (χ1n) is 7.08. The SMILES string of the molecule is O=Cc1ccc(OCC(=O)OCc2cc(-c3cccs3)on2)cc1. The van der Waals surface area contributed by atoms with E-state index in [2.05, 4.69) is 5.16 Å². The molecule has 2 heterocycles. The van der Waals surface area contributed by atoms with E-state index < -0.39 is 5.97 Å². The number of hydrogen-bond acceptors (Lipinski definition) is 7. The van der Waals surface area contributed by atoms with E-state index in [4.69, 9.17) is 14.0 Å². The predicted molar refractivity (Wildman–Crippen MR) is 86.9 cm³/mol. The van der Waals surface area contributed by atoms with Crippen LogP contribution in [0.1, 0.15) is 16.1 Å². The van der Waals surface area contributed by atoms with E-state index in [-0.39, 0.29) is 13.2 Å². The monoisotopic (exact) mass is 343 g/mol. The van der Waals surface area contributed by atoms with Crippen molar-refractivity contribution in [2.24, 2.45) is 0 Å². The first kappa shape index (κ1) is 15.9. The molecule has 0 saturated heterocycles. The molecular formula is C17H13NO5S. The zero-order chi connectivity index (χ0) is 16.8. The molecule has 3 rings (SSSR count). The molecule has 0 aliphatic carbocycles. The fraction of sp³-hybridized carbons (Fsp3) is 0.118. The highest BCUT2D eigenvalue weighted by Crippen LogP contribution is 2.25. The highest BCUT2D eigenvalue weighted by Gasteiger charge is 2.10. The van der Waals surface area contributed by atoms with Crippen LogP contribution in [0, 0.1) is 0 Å². The van der Waals surface area contributed by atoms with Gasteiger partial charge < -0.3 is 14.0 Å². The maximum atomic E-state index is 11.7. The smallest absolute Gasteiger partial charge is 0.344 e. The molecule has 0 spiro atoms. The topological polar surface area (TPSA) is 78.6 Å². The van der Waals surface area contributed by atoms with E-state index in [1.807, 2.05) is 17.5 Å². The molecule has 6 nitrogen and oxygen atoms in total. The molecule has 0 aliphatic heterocycles. The number of carbonyl (C=O) groups is 2. The predicted octanol–water partition coefficient (Wildman–Crippen LogP) is 3.34. The summed E-state index contributed by atoms with van der Waals surface area (Å²) in [5.41, 5.74) is 1.07. The largest absolute Gasteiger partial charge is 0.482 e. The number of carbonyl (C=O) groups excluding carboxylic acids is 2. The second-order valence-corrected chi connectivity index (χ2v) is 5.74. The second kappa shape index (κ2) is 7.56. The molecule has 24 heavy (non-hydrogen) atoms. The van der Waals surface area contributed by atoms with Crippen molar-refractivity contribution < 1.29 is 23.6 Å². The van der Waals surface area contributed by atoms with Gasteiger partial charge in [0.15, 0.2) is 12.4 Å². The molecule has 0 bridgehead atoms. The molecule has 0 N–H and O–H groups in total. The molecule has 1 aromatic carbocycles. The summed E-state index contributed by atoms with van der Waals surface area (Å²) in [6, 6.07) is 12.0. The Hall–Kier alpha value is -2.93. The van der Waals surface area contributed by atoms with Crippen LogP contribution in [-0.4, -0.2) is 24.0 Å². The van der Waals surface area contributed by atoms with E-state index in [0.717, 1.165) is 11.2 Å². The van der Waals surface area contributed by atoms with Crippen molar-refractivity contribution in [1.29, 1.82) is 0 Å². The Morgan fingerprint density at radius 3 is 2.79 bits per heavy atom. The normalized spacial score (nSPS) is 10.3. The minimum Gasteiger partial charge on any atom is -0.482 e. The number of hydrogen-bond donors (Lipinski definition) is 0. The van der Waals surface area contributed by atoms with E-state index >= 15 is 0 Å². The average Bonchev–Trinajstić information content (AvgIpc) is 3.29. The van der Waals surface area contributed by atoms with Gasteiger partial charge in [-0.3, -0.25) is 4.79 Å². The number of rotatable bonds is 7. The molecule has 0 amide bonds. The number of thiophene rings is 1. The van der Waals surface area contributed by atoms with Gasteiger partial charge in [-0.05, 0) is 35.7 Å². The lowest BCUT2D eigenvalue weighted by Gasteiger charge is -2.05. The molecule has 7 heteroatoms. The van der Waals surface area contributed by atoms with Gasteiger partial charge in [0.2, 0.25) is 0 Å². The zero-order valence-electron chi connectivity index (χ0n) is 12.5. The van der Waals surface area contributed by atoms with Crippen molar-refractivity contribution in [2.75, 3.05) is 6.61 Å². The summed E-state index contributed by atoms with van der Waals surface area (Å²) in [5, 5.41) is 5.80. The number of nitrogens with zero attached hydrogens (tertiary/aromatic N) is 1. The van der Waals surface area contributed by atoms with Gasteiger partial charge in [0.1, 0.15) is 24.3 Å². The number of benzene rings is 1. The molecule has 0 radical (unpaired) electrons. The Bertz CT molecular complexity index is 808. The summed E-state index contributed by atoms with van der Waals surface area (Å²) >= 11 is 1.54. The Labute approximate surface area is 141 Å². The molecule has 0 unspecified atom stereocenters. The standard InChI is InChI=1S/C17H13NO5S/c19-9-12-3-5-14(6-4-12)21-11-17(20)22-10-13-8-15(23-18-13)16-2-1-7-24-16/h1-9H,10-11H2. The number of ether oxygens (including phenoxy) is 2. The van der Waals surface area contributed by atoms with Crippen molar-refractivity contribution in [1.82, 2.24) is 5.16 Å². The average molecular weight is 343 g/mol. The zero-order valence-corrected chi connectivity index (χ0v) is 13.3. The summed E-state index contributed by atoms with van der Waals surface area (Å²) in [7, 11) is 0. The Morgan fingerprint density at radius 2 is 2.08 bits per heavy atom. The Kier molecular flexibility index (Phi) is 5.02. The van der Waals surface area contributed by atoms with Crippen LogP contribution in [0.2, 0.25) is 0 Å². The summed E-state index contributed by atoms with van der Waals surface area (Å²) < 4.78 is 15.6. The summed E-state index contributed by atoms with van der Waals surface area (Å²) in [6.07, 6.45) is 0.737. The van der Waals surface area contributed by atoms with Crippen LogP contribution in [0.4, 0.5) is 0 Å². The van der Waals surface area contributed by atoms with Gasteiger partial charge in [-0.2, -0.15) is 0 Å². The van der Waals surface area contributed by atoms with Gasteiger partial charge in [0, 0.05) is 11.6 Å². The quantitative estimate of drug-likeness (QED) is 0.484. The van der Waals surface area contributed by atoms with E-state index in [1.165, 1.54) is 11.3 Å². The van der Waals surface area contributed by atoms with Crippen molar-refractivity contribution in [3.05, 3.63) is 59.1 Å². The molecule has 122 valence electrons. The van der Waals surface area contributed by atoms with Crippen LogP contribution >= 0.6 is 11.3 Å². The van der Waals surface area contributed by atoms with Crippen LogP contribution in [-0.2, 0) is 16.1 Å². The van der Waals surface area contributed by atoms with Crippen LogP contribution in [0.25, 0.3) is 10.6 Å². The number of aldehydes is 1. The maximum absolute atomic E-state index is 11.7. The minimum atomic E-state index is -0.518. The van der Waals surface area contributed by atoms with E-state index in [1.54, 1.807) is 30.3 Å². The second-order valence-electron chi connectivity index (χ2n) is 4.80. The first-order chi connectivity index (χ1) is 11.7. The lowest BCUT2D eigenvalue weighted by Crippen LogP contribution is -2.14. The molecule has 2 aromatic heterocycles. The summed E-state index contributed by atoms with van der Waals surface area (Å²) in [6.45, 7) is -0.211. The Morgan fingerprint density at radius 1 is 1.25 bits per heavy atom. The van der Waals surface area contributed by atoms with Crippen molar-refractivity contribution in [2.45, 2.75) is 6.61 Å². The van der Waals surface area contributed by atoms with Gasteiger partial charge in [0.05, 0.1) is 4.88 Å². The van der Waals surface area contributed by atoms with Crippen LogP contribution in [0.15, 0.2) is 52.4 Å². The number of esters is 1. The van der Waals surface area contributed by atoms with Crippen molar-refractivity contribution >= 4 is 23.6 Å². The van der Waals surface area contributed by atoms with Crippen molar-refractivity contribution in [3.63, 3.8) is 0 Å². The lowest BCUT2D eigenvalue weighted by atomic mass is 10.2.